The number of carbonyl (C=O) groups is 2. The Morgan fingerprint density at radius 3 is 2.78 bits per heavy atom. The topological polar surface area (TPSA) is 102 Å². The highest BCUT2D eigenvalue weighted by atomic mass is 32.2. The van der Waals surface area contributed by atoms with Crippen LogP contribution in [0.3, 0.4) is 0 Å². The van der Waals surface area contributed by atoms with E-state index in [0.717, 1.165) is 11.8 Å². The lowest BCUT2D eigenvalue weighted by Crippen LogP contribution is -2.41. The molecule has 1 unspecified atom stereocenters. The lowest BCUT2D eigenvalue weighted by atomic mass is 10.2. The van der Waals surface area contributed by atoms with Crippen molar-refractivity contribution in [3.63, 3.8) is 0 Å². The average molecular weight is 392 g/mol. The Hall–Kier alpha value is -2.39. The predicted molar refractivity (Wildman–Crippen MR) is 105 cm³/mol. The molecule has 2 rings (SSSR count). The summed E-state index contributed by atoms with van der Waals surface area (Å²) >= 11 is 1.14. The van der Waals surface area contributed by atoms with E-state index in [4.69, 9.17) is 4.74 Å². The van der Waals surface area contributed by atoms with Gasteiger partial charge in [-0.25, -0.2) is 9.78 Å². The summed E-state index contributed by atoms with van der Waals surface area (Å²) in [5, 5.41) is 4.93. The molecule has 0 aliphatic carbocycles. The van der Waals surface area contributed by atoms with Crippen LogP contribution in [0.15, 0.2) is 34.2 Å². The first-order valence-corrected chi connectivity index (χ1v) is 9.62. The van der Waals surface area contributed by atoms with Crippen molar-refractivity contribution >= 4 is 34.6 Å². The van der Waals surface area contributed by atoms with Crippen molar-refractivity contribution in [2.24, 2.45) is 0 Å². The smallest absolute Gasteiger partial charge is 0.321 e. The first kappa shape index (κ1) is 20.9. The van der Waals surface area contributed by atoms with Crippen LogP contribution in [0.25, 0.3) is 10.9 Å². The van der Waals surface area contributed by atoms with Crippen molar-refractivity contribution in [1.82, 2.24) is 20.2 Å². The minimum absolute atomic E-state index is 0.154. The summed E-state index contributed by atoms with van der Waals surface area (Å²) in [7, 11) is 1.43. The zero-order valence-electron chi connectivity index (χ0n) is 15.7. The number of thioether (sulfide) groups is 1. The normalized spacial score (nSPS) is 12.0. The minimum atomic E-state index is -0.603. The number of carbonyl (C=O) groups excluding carboxylic acids is 2. The number of fused-ring (bicyclic) bond motifs is 1. The third kappa shape index (κ3) is 5.54. The van der Waals surface area contributed by atoms with E-state index in [1.54, 1.807) is 29.7 Å². The fourth-order valence-electron chi connectivity index (χ4n) is 2.39. The number of ether oxygens (including phenoxy) is 1. The van der Waals surface area contributed by atoms with E-state index in [1.165, 1.54) is 7.05 Å². The first-order valence-electron chi connectivity index (χ1n) is 8.74. The largest absolute Gasteiger partial charge is 0.382 e. The molecule has 1 aromatic heterocycles. The fraction of sp³-hybridized carbons (Fsp3) is 0.444. The Kier molecular flexibility index (Phi) is 7.81. The van der Waals surface area contributed by atoms with E-state index in [0.29, 0.717) is 42.2 Å². The number of hydrogen-bond donors (Lipinski definition) is 2. The second kappa shape index (κ2) is 10.1. The average Bonchev–Trinajstić information content (AvgIpc) is 2.67. The summed E-state index contributed by atoms with van der Waals surface area (Å²) in [4.78, 5) is 40.9. The number of urea groups is 1. The molecule has 1 aromatic carbocycles. The van der Waals surface area contributed by atoms with Crippen molar-refractivity contribution in [2.45, 2.75) is 37.2 Å². The quantitative estimate of drug-likeness (QED) is 0.403. The molecule has 0 saturated heterocycles. The van der Waals surface area contributed by atoms with E-state index < -0.39 is 17.2 Å². The number of rotatable bonds is 8. The van der Waals surface area contributed by atoms with Gasteiger partial charge in [-0.2, -0.15) is 0 Å². The molecule has 2 aromatic rings. The van der Waals surface area contributed by atoms with Crippen LogP contribution in [0.5, 0.6) is 0 Å². The molecule has 0 spiro atoms. The van der Waals surface area contributed by atoms with Crippen LogP contribution in [0.1, 0.15) is 20.3 Å². The van der Waals surface area contributed by atoms with Gasteiger partial charge in [-0.15, -0.1) is 0 Å². The Balaban J connectivity index is 2.30. The van der Waals surface area contributed by atoms with Gasteiger partial charge in [0.25, 0.3) is 5.56 Å². The second-order valence-electron chi connectivity index (χ2n) is 5.75. The summed E-state index contributed by atoms with van der Waals surface area (Å²) in [5.74, 6) is -0.456. The van der Waals surface area contributed by atoms with Gasteiger partial charge in [0.05, 0.1) is 16.2 Å². The van der Waals surface area contributed by atoms with Gasteiger partial charge in [0.1, 0.15) is 0 Å². The number of para-hydroxylation sites is 1. The zero-order chi connectivity index (χ0) is 19.8. The van der Waals surface area contributed by atoms with Gasteiger partial charge >= 0.3 is 6.03 Å². The molecule has 146 valence electrons. The fourth-order valence-corrected chi connectivity index (χ4v) is 3.33. The summed E-state index contributed by atoms with van der Waals surface area (Å²) in [6.07, 6.45) is 0.653. The Bertz CT molecular complexity index is 868. The van der Waals surface area contributed by atoms with Gasteiger partial charge in [-0.05, 0) is 32.4 Å². The van der Waals surface area contributed by atoms with Crippen molar-refractivity contribution in [3.05, 3.63) is 34.6 Å². The zero-order valence-corrected chi connectivity index (χ0v) is 16.5. The number of imide groups is 1. The minimum Gasteiger partial charge on any atom is -0.382 e. The van der Waals surface area contributed by atoms with Crippen molar-refractivity contribution in [3.8, 4) is 0 Å². The summed E-state index contributed by atoms with van der Waals surface area (Å²) in [5.41, 5.74) is 0.420. The maximum absolute atomic E-state index is 12.9. The van der Waals surface area contributed by atoms with Gasteiger partial charge in [0.2, 0.25) is 5.91 Å². The molecule has 3 amide bonds. The van der Waals surface area contributed by atoms with Crippen molar-refractivity contribution in [2.75, 3.05) is 20.3 Å². The molecule has 0 fully saturated rings. The van der Waals surface area contributed by atoms with E-state index in [9.17, 15) is 14.4 Å². The molecule has 0 aliphatic rings. The van der Waals surface area contributed by atoms with E-state index in [1.807, 2.05) is 13.0 Å². The maximum Gasteiger partial charge on any atom is 0.321 e. The van der Waals surface area contributed by atoms with Crippen LogP contribution >= 0.6 is 11.8 Å². The number of nitrogens with one attached hydrogen (secondary N) is 2. The Morgan fingerprint density at radius 2 is 2.07 bits per heavy atom. The highest BCUT2D eigenvalue weighted by Gasteiger charge is 2.20. The third-order valence-corrected chi connectivity index (χ3v) is 4.91. The first-order chi connectivity index (χ1) is 13.0. The maximum atomic E-state index is 12.9. The number of amides is 3. The van der Waals surface area contributed by atoms with Gasteiger partial charge < -0.3 is 10.1 Å². The standard InChI is InChI=1S/C18H24N4O4S/c1-4-26-11-7-10-22-16(24)13-8-5-6-9-14(13)20-18(22)27-12(2)15(23)21-17(25)19-3/h5-6,8-9,12H,4,7,10-11H2,1-3H3,(H2,19,21,23,25). The van der Waals surface area contributed by atoms with Gasteiger partial charge in [0.15, 0.2) is 5.16 Å². The number of hydrogen-bond acceptors (Lipinski definition) is 6. The third-order valence-electron chi connectivity index (χ3n) is 3.82. The number of aromatic nitrogens is 2. The monoisotopic (exact) mass is 392 g/mol. The summed E-state index contributed by atoms with van der Waals surface area (Å²) in [6.45, 7) is 5.16. The van der Waals surface area contributed by atoms with Crippen LogP contribution in [-0.2, 0) is 16.1 Å². The van der Waals surface area contributed by atoms with Crippen LogP contribution in [0, 0.1) is 0 Å². The van der Waals surface area contributed by atoms with Crippen molar-refractivity contribution in [1.29, 1.82) is 0 Å². The van der Waals surface area contributed by atoms with Gasteiger partial charge in [-0.1, -0.05) is 23.9 Å². The van der Waals surface area contributed by atoms with Crippen LogP contribution in [0.2, 0.25) is 0 Å². The molecular formula is C18H24N4O4S. The highest BCUT2D eigenvalue weighted by Crippen LogP contribution is 2.22. The number of nitrogens with zero attached hydrogens (tertiary/aromatic N) is 2. The second-order valence-corrected chi connectivity index (χ2v) is 7.06. The number of benzene rings is 1. The van der Waals surface area contributed by atoms with Gasteiger partial charge in [0, 0.05) is 26.8 Å². The summed E-state index contributed by atoms with van der Waals surface area (Å²) in [6, 6.07) is 6.53. The molecule has 8 nitrogen and oxygen atoms in total. The molecule has 1 heterocycles. The SMILES string of the molecule is CCOCCCn1c(SC(C)C(=O)NC(=O)NC)nc2ccccc2c1=O. The molecule has 27 heavy (non-hydrogen) atoms. The summed E-state index contributed by atoms with van der Waals surface area (Å²) < 4.78 is 6.91. The lowest BCUT2D eigenvalue weighted by molar-refractivity contribution is -0.119. The highest BCUT2D eigenvalue weighted by molar-refractivity contribution is 8.00. The van der Waals surface area contributed by atoms with Crippen LogP contribution < -0.4 is 16.2 Å². The predicted octanol–water partition coefficient (Wildman–Crippen LogP) is 1.76. The molecule has 0 aliphatic heterocycles. The Labute approximate surface area is 161 Å². The van der Waals surface area contributed by atoms with E-state index >= 15 is 0 Å². The van der Waals surface area contributed by atoms with Crippen molar-refractivity contribution < 1.29 is 14.3 Å². The van der Waals surface area contributed by atoms with Crippen LogP contribution in [0.4, 0.5) is 4.79 Å². The molecule has 0 saturated carbocycles. The lowest BCUT2D eigenvalue weighted by Gasteiger charge is -2.16. The van der Waals surface area contributed by atoms with E-state index in [-0.39, 0.29) is 5.56 Å². The molecular weight excluding hydrogens is 368 g/mol. The molecule has 2 N–H and O–H groups in total. The molecule has 0 radical (unpaired) electrons. The molecule has 9 heteroatoms. The Morgan fingerprint density at radius 1 is 1.33 bits per heavy atom. The van der Waals surface area contributed by atoms with E-state index in [2.05, 4.69) is 15.6 Å². The van der Waals surface area contributed by atoms with Gasteiger partial charge in [-0.3, -0.25) is 19.5 Å². The van der Waals surface area contributed by atoms with Crippen LogP contribution in [-0.4, -0.2) is 47.0 Å². The molecule has 1 atom stereocenters. The molecule has 0 bridgehead atoms.